The van der Waals surface area contributed by atoms with Crippen molar-refractivity contribution in [2.75, 3.05) is 19.6 Å². The van der Waals surface area contributed by atoms with E-state index in [4.69, 9.17) is 15.2 Å². The predicted octanol–water partition coefficient (Wildman–Crippen LogP) is 0.990. The SMILES string of the molecule is CC1CCC(C(CN)N2C[C@@H](C)O[C@@H](C)C2)O1. The zero-order valence-electron chi connectivity index (χ0n) is 11.3. The van der Waals surface area contributed by atoms with Gasteiger partial charge >= 0.3 is 0 Å². The molecule has 0 amide bonds. The largest absolute Gasteiger partial charge is 0.374 e. The summed E-state index contributed by atoms with van der Waals surface area (Å²) in [6.07, 6.45) is 3.61. The zero-order valence-corrected chi connectivity index (χ0v) is 11.3. The monoisotopic (exact) mass is 242 g/mol. The highest BCUT2D eigenvalue weighted by atomic mass is 16.5. The normalized spacial score (nSPS) is 41.6. The van der Waals surface area contributed by atoms with Crippen molar-refractivity contribution in [2.45, 2.75) is 64.1 Å². The minimum absolute atomic E-state index is 0.298. The van der Waals surface area contributed by atoms with E-state index in [1.54, 1.807) is 0 Å². The molecule has 100 valence electrons. The van der Waals surface area contributed by atoms with E-state index in [-0.39, 0.29) is 0 Å². The van der Waals surface area contributed by atoms with E-state index in [0.717, 1.165) is 25.9 Å². The van der Waals surface area contributed by atoms with Crippen molar-refractivity contribution in [3.05, 3.63) is 0 Å². The zero-order chi connectivity index (χ0) is 12.4. The van der Waals surface area contributed by atoms with Crippen LogP contribution in [0.15, 0.2) is 0 Å². The summed E-state index contributed by atoms with van der Waals surface area (Å²) in [6, 6.07) is 0.355. The highest BCUT2D eigenvalue weighted by molar-refractivity contribution is 4.88. The molecule has 2 N–H and O–H groups in total. The number of hydrogen-bond acceptors (Lipinski definition) is 4. The molecule has 2 heterocycles. The topological polar surface area (TPSA) is 47.7 Å². The summed E-state index contributed by atoms with van der Waals surface area (Å²) < 4.78 is 11.7. The number of nitrogens with two attached hydrogens (primary N) is 1. The molecule has 0 aliphatic carbocycles. The van der Waals surface area contributed by atoms with Crippen LogP contribution >= 0.6 is 0 Å². The first-order valence-electron chi connectivity index (χ1n) is 6.85. The molecule has 0 radical (unpaired) electrons. The summed E-state index contributed by atoms with van der Waals surface area (Å²) in [6.45, 7) is 9.04. The van der Waals surface area contributed by atoms with E-state index < -0.39 is 0 Å². The van der Waals surface area contributed by atoms with Crippen LogP contribution in [0.3, 0.4) is 0 Å². The van der Waals surface area contributed by atoms with Crippen molar-refractivity contribution in [1.82, 2.24) is 4.90 Å². The second kappa shape index (κ2) is 5.65. The molecule has 4 heteroatoms. The molecule has 4 nitrogen and oxygen atoms in total. The Bertz CT molecular complexity index is 240. The molecule has 0 saturated carbocycles. The van der Waals surface area contributed by atoms with Gasteiger partial charge in [-0.1, -0.05) is 0 Å². The lowest BCUT2D eigenvalue weighted by molar-refractivity contribution is -0.100. The number of nitrogens with zero attached hydrogens (tertiary/aromatic N) is 1. The van der Waals surface area contributed by atoms with E-state index in [9.17, 15) is 0 Å². The third-order valence-corrected chi connectivity index (χ3v) is 3.85. The number of rotatable bonds is 3. The Labute approximate surface area is 104 Å². The molecule has 0 aromatic heterocycles. The molecular weight excluding hydrogens is 216 g/mol. The van der Waals surface area contributed by atoms with Crippen molar-refractivity contribution >= 4 is 0 Å². The van der Waals surface area contributed by atoms with Gasteiger partial charge in [-0.15, -0.1) is 0 Å². The van der Waals surface area contributed by atoms with Crippen LogP contribution in [0.5, 0.6) is 0 Å². The average molecular weight is 242 g/mol. The molecule has 2 rings (SSSR count). The maximum absolute atomic E-state index is 5.98. The molecule has 0 spiro atoms. The summed E-state index contributed by atoms with van der Waals surface area (Å²) >= 11 is 0. The smallest absolute Gasteiger partial charge is 0.0747 e. The van der Waals surface area contributed by atoms with Gasteiger partial charge < -0.3 is 15.2 Å². The fourth-order valence-electron chi connectivity index (χ4n) is 3.14. The minimum Gasteiger partial charge on any atom is -0.374 e. The summed E-state index contributed by atoms with van der Waals surface area (Å²) in [5, 5.41) is 0. The van der Waals surface area contributed by atoms with Gasteiger partial charge in [-0.05, 0) is 33.6 Å². The third-order valence-electron chi connectivity index (χ3n) is 3.85. The fraction of sp³-hybridized carbons (Fsp3) is 1.00. The van der Waals surface area contributed by atoms with Crippen molar-refractivity contribution in [3.8, 4) is 0 Å². The van der Waals surface area contributed by atoms with Gasteiger partial charge in [-0.2, -0.15) is 0 Å². The molecule has 2 fully saturated rings. The lowest BCUT2D eigenvalue weighted by atomic mass is 10.0. The van der Waals surface area contributed by atoms with Gasteiger partial charge in [0.05, 0.1) is 24.4 Å². The maximum Gasteiger partial charge on any atom is 0.0747 e. The quantitative estimate of drug-likeness (QED) is 0.802. The average Bonchev–Trinajstić information content (AvgIpc) is 2.64. The molecule has 3 unspecified atom stereocenters. The molecule has 0 aromatic rings. The molecule has 0 aromatic carbocycles. The Balaban J connectivity index is 1.97. The first-order valence-corrected chi connectivity index (χ1v) is 6.85. The van der Waals surface area contributed by atoms with E-state index >= 15 is 0 Å². The van der Waals surface area contributed by atoms with Crippen LogP contribution in [0.2, 0.25) is 0 Å². The predicted molar refractivity (Wildman–Crippen MR) is 68.0 cm³/mol. The van der Waals surface area contributed by atoms with Gasteiger partial charge in [0, 0.05) is 25.7 Å². The Morgan fingerprint density at radius 2 is 1.71 bits per heavy atom. The lowest BCUT2D eigenvalue weighted by Gasteiger charge is -2.41. The first-order chi connectivity index (χ1) is 8.10. The van der Waals surface area contributed by atoms with Crippen molar-refractivity contribution in [2.24, 2.45) is 5.73 Å². The van der Waals surface area contributed by atoms with Crippen LogP contribution in [0.1, 0.15) is 33.6 Å². The van der Waals surface area contributed by atoms with Crippen molar-refractivity contribution < 1.29 is 9.47 Å². The van der Waals surface area contributed by atoms with E-state index in [1.165, 1.54) is 0 Å². The van der Waals surface area contributed by atoms with Gasteiger partial charge in [-0.25, -0.2) is 0 Å². The Kier molecular flexibility index (Phi) is 4.42. The molecule has 17 heavy (non-hydrogen) atoms. The van der Waals surface area contributed by atoms with Crippen molar-refractivity contribution in [1.29, 1.82) is 0 Å². The highest BCUT2D eigenvalue weighted by Gasteiger charge is 2.35. The Hall–Kier alpha value is -0.160. The molecule has 5 atom stereocenters. The molecule has 2 saturated heterocycles. The summed E-state index contributed by atoms with van der Waals surface area (Å²) in [5.41, 5.74) is 5.96. The van der Waals surface area contributed by atoms with Gasteiger partial charge in [0.25, 0.3) is 0 Å². The molecular formula is C13H26N2O2. The fourth-order valence-corrected chi connectivity index (χ4v) is 3.14. The van der Waals surface area contributed by atoms with Gasteiger partial charge in [-0.3, -0.25) is 4.90 Å². The lowest BCUT2D eigenvalue weighted by Crippen LogP contribution is -2.56. The number of ether oxygens (including phenoxy) is 2. The highest BCUT2D eigenvalue weighted by Crippen LogP contribution is 2.26. The summed E-state index contributed by atoms with van der Waals surface area (Å²) in [7, 11) is 0. The second-order valence-electron chi connectivity index (χ2n) is 5.58. The second-order valence-corrected chi connectivity index (χ2v) is 5.58. The van der Waals surface area contributed by atoms with Crippen LogP contribution in [-0.2, 0) is 9.47 Å². The first kappa shape index (κ1) is 13.3. The van der Waals surface area contributed by atoms with Crippen molar-refractivity contribution in [3.63, 3.8) is 0 Å². The standard InChI is InChI=1S/C13H26N2O2/c1-9-4-5-13(17-9)12(6-14)15-7-10(2)16-11(3)8-15/h9-13H,4-8,14H2,1-3H3/t9?,10-,11+,12?,13?. The van der Waals surface area contributed by atoms with E-state index in [2.05, 4.69) is 25.7 Å². The van der Waals surface area contributed by atoms with Crippen LogP contribution in [0.4, 0.5) is 0 Å². The number of morpholine rings is 1. The van der Waals surface area contributed by atoms with Gasteiger partial charge in [0.1, 0.15) is 0 Å². The Morgan fingerprint density at radius 3 is 2.18 bits per heavy atom. The summed E-state index contributed by atoms with van der Waals surface area (Å²) in [5.74, 6) is 0. The molecule has 2 aliphatic rings. The Morgan fingerprint density at radius 1 is 1.06 bits per heavy atom. The van der Waals surface area contributed by atoms with Crippen LogP contribution in [0, 0.1) is 0 Å². The summed E-state index contributed by atoms with van der Waals surface area (Å²) in [4.78, 5) is 2.46. The van der Waals surface area contributed by atoms with Crippen LogP contribution < -0.4 is 5.73 Å². The third kappa shape index (κ3) is 3.19. The van der Waals surface area contributed by atoms with Gasteiger partial charge in [0.15, 0.2) is 0 Å². The van der Waals surface area contributed by atoms with E-state index in [1.807, 2.05) is 0 Å². The van der Waals surface area contributed by atoms with Crippen LogP contribution in [-0.4, -0.2) is 55.0 Å². The van der Waals surface area contributed by atoms with Gasteiger partial charge in [0.2, 0.25) is 0 Å². The minimum atomic E-state index is 0.298. The van der Waals surface area contributed by atoms with E-state index in [0.29, 0.717) is 37.0 Å². The maximum atomic E-state index is 5.98. The molecule has 0 bridgehead atoms. The molecule has 2 aliphatic heterocycles. The van der Waals surface area contributed by atoms with Crippen LogP contribution in [0.25, 0.3) is 0 Å². The number of hydrogen-bond donors (Lipinski definition) is 1.